The van der Waals surface area contributed by atoms with E-state index in [1.54, 1.807) is 31.5 Å². The summed E-state index contributed by atoms with van der Waals surface area (Å²) in [4.78, 5) is 23.8. The maximum Gasteiger partial charge on any atom is 0.338 e. The molecule has 1 aromatic carbocycles. The summed E-state index contributed by atoms with van der Waals surface area (Å²) >= 11 is 1.28. The van der Waals surface area contributed by atoms with Crippen molar-refractivity contribution in [1.29, 1.82) is 0 Å². The van der Waals surface area contributed by atoms with Gasteiger partial charge in [-0.25, -0.2) is 28.1 Å². The van der Waals surface area contributed by atoms with Gasteiger partial charge in [0.25, 0.3) is 16.1 Å². The number of nitrogens with zero attached hydrogens (tertiary/aromatic N) is 4. The van der Waals surface area contributed by atoms with Gasteiger partial charge in [-0.3, -0.25) is 9.89 Å². The molecule has 5 rings (SSSR count). The summed E-state index contributed by atoms with van der Waals surface area (Å²) in [6, 6.07) is 2.61. The molecule has 0 unspecified atom stereocenters. The van der Waals surface area contributed by atoms with Crippen LogP contribution in [0.4, 0.5) is 13.2 Å². The summed E-state index contributed by atoms with van der Waals surface area (Å²) in [5.41, 5.74) is 0.990. The number of likely N-dealkylation sites (tertiary alicyclic amines) is 1. The Bertz CT molecular complexity index is 1450. The fraction of sp³-hybridized carbons (Fsp3) is 0.458. The lowest BCUT2D eigenvalue weighted by Gasteiger charge is -2.31. The highest BCUT2D eigenvalue weighted by Gasteiger charge is 2.59. The first-order chi connectivity index (χ1) is 18.4. The van der Waals surface area contributed by atoms with Gasteiger partial charge in [0.2, 0.25) is 0 Å². The molecule has 210 valence electrons. The summed E-state index contributed by atoms with van der Waals surface area (Å²) in [7, 11) is -4.16. The lowest BCUT2D eigenvalue weighted by molar-refractivity contribution is -0.139. The molecule has 1 aromatic heterocycles. The maximum absolute atomic E-state index is 15.1. The Kier molecular flexibility index (Phi) is 7.30. The zero-order valence-electron chi connectivity index (χ0n) is 21.1. The fourth-order valence-corrected chi connectivity index (χ4v) is 6.71. The number of benzene rings is 1. The molecule has 2 aromatic rings. The van der Waals surface area contributed by atoms with Gasteiger partial charge in [-0.1, -0.05) is 12.1 Å². The van der Waals surface area contributed by atoms with Crippen molar-refractivity contribution in [2.75, 3.05) is 32.8 Å². The van der Waals surface area contributed by atoms with Crippen molar-refractivity contribution in [3.8, 4) is 0 Å². The number of carbonyl (C=O) groups is 1. The molecule has 0 amide bonds. The lowest BCUT2D eigenvalue weighted by atomic mass is 9.92. The Morgan fingerprint density at radius 2 is 2.10 bits per heavy atom. The number of ether oxygens (including phenoxy) is 1. The standard InChI is InChI=1S/C24H27F3N6O4S2/c1-3-37-23(34)19-17(10-32-12-24(26,27)15-9-33(11-18(15)32)39(28,35)36)30-21(22-29-7-8-38-22)31-20(19)14-5-4-6-16(25)13(14)2/h4-8,15,18,20H,3,9-12H2,1-2H3,(H,30,31)(H2,28,35,36)/t15-,18+,20+/m1/s1. The van der Waals surface area contributed by atoms with Crippen LogP contribution in [0.25, 0.3) is 0 Å². The number of hydrogen-bond donors (Lipinski definition) is 2. The Morgan fingerprint density at radius 1 is 1.33 bits per heavy atom. The summed E-state index contributed by atoms with van der Waals surface area (Å²) in [5.74, 6) is -5.37. The van der Waals surface area contributed by atoms with Crippen LogP contribution in [0, 0.1) is 18.7 Å². The molecule has 4 heterocycles. The van der Waals surface area contributed by atoms with E-state index < -0.39 is 59.0 Å². The number of nitrogens with two attached hydrogens (primary N) is 1. The van der Waals surface area contributed by atoms with Gasteiger partial charge in [0.15, 0.2) is 10.8 Å². The van der Waals surface area contributed by atoms with Gasteiger partial charge < -0.3 is 10.1 Å². The summed E-state index contributed by atoms with van der Waals surface area (Å²) < 4.78 is 74.8. The molecule has 3 N–H and O–H groups in total. The van der Waals surface area contributed by atoms with Crippen LogP contribution in [-0.2, 0) is 19.7 Å². The van der Waals surface area contributed by atoms with Crippen LogP contribution < -0.4 is 10.5 Å². The van der Waals surface area contributed by atoms with E-state index in [-0.39, 0.29) is 36.5 Å². The number of halogens is 3. The second kappa shape index (κ2) is 10.3. The van der Waals surface area contributed by atoms with Crippen LogP contribution in [0.3, 0.4) is 0 Å². The quantitative estimate of drug-likeness (QED) is 0.476. The molecule has 2 fully saturated rings. The van der Waals surface area contributed by atoms with Gasteiger partial charge in [-0.2, -0.15) is 12.7 Å². The van der Waals surface area contributed by atoms with Crippen molar-refractivity contribution in [1.82, 2.24) is 19.5 Å². The van der Waals surface area contributed by atoms with Crippen molar-refractivity contribution in [2.24, 2.45) is 16.0 Å². The number of aliphatic imine (C=N–C) groups is 1. The van der Waals surface area contributed by atoms with E-state index in [9.17, 15) is 17.6 Å². The van der Waals surface area contributed by atoms with Crippen molar-refractivity contribution in [2.45, 2.75) is 31.9 Å². The molecule has 2 saturated heterocycles. The Hall–Kier alpha value is -2.85. The average Bonchev–Trinajstić information content (AvgIpc) is 3.59. The normalized spacial score (nSPS) is 25.4. The number of rotatable bonds is 7. The first-order valence-corrected chi connectivity index (χ1v) is 14.6. The van der Waals surface area contributed by atoms with Crippen LogP contribution in [0.1, 0.15) is 29.1 Å². The molecule has 39 heavy (non-hydrogen) atoms. The molecular formula is C24H27F3N6O4S2. The highest BCUT2D eigenvalue weighted by Crippen LogP contribution is 2.44. The van der Waals surface area contributed by atoms with Crippen LogP contribution >= 0.6 is 11.3 Å². The number of nitrogens with one attached hydrogen (secondary N) is 1. The first kappa shape index (κ1) is 27.7. The number of aromatic nitrogens is 1. The summed E-state index contributed by atoms with van der Waals surface area (Å²) in [5, 5.41) is 10.6. The van der Waals surface area contributed by atoms with Crippen LogP contribution in [0.5, 0.6) is 0 Å². The Labute approximate surface area is 227 Å². The third-order valence-corrected chi connectivity index (χ3v) is 9.06. The number of esters is 1. The zero-order chi connectivity index (χ0) is 28.1. The number of amidine groups is 1. The van der Waals surface area contributed by atoms with Crippen molar-refractivity contribution in [3.05, 3.63) is 63.0 Å². The smallest absolute Gasteiger partial charge is 0.338 e. The van der Waals surface area contributed by atoms with Gasteiger partial charge in [0.05, 0.1) is 24.6 Å². The van der Waals surface area contributed by atoms with Crippen molar-refractivity contribution < 1.29 is 31.1 Å². The predicted molar refractivity (Wildman–Crippen MR) is 138 cm³/mol. The molecular weight excluding hydrogens is 557 g/mol. The minimum absolute atomic E-state index is 0.0450. The van der Waals surface area contributed by atoms with Crippen molar-refractivity contribution >= 4 is 33.4 Å². The highest BCUT2D eigenvalue weighted by molar-refractivity contribution is 7.86. The third-order valence-electron chi connectivity index (χ3n) is 7.26. The van der Waals surface area contributed by atoms with Gasteiger partial charge in [0.1, 0.15) is 11.9 Å². The number of fused-ring (bicyclic) bond motifs is 1. The van der Waals surface area contributed by atoms with Gasteiger partial charge >= 0.3 is 5.97 Å². The van der Waals surface area contributed by atoms with Gasteiger partial charge in [-0.15, -0.1) is 11.3 Å². The molecule has 0 radical (unpaired) electrons. The average molecular weight is 585 g/mol. The van der Waals surface area contributed by atoms with Crippen LogP contribution in [0.2, 0.25) is 0 Å². The molecule has 15 heteroatoms. The molecule has 3 atom stereocenters. The molecule has 0 aliphatic carbocycles. The predicted octanol–water partition coefficient (Wildman–Crippen LogP) is 1.95. The zero-order valence-corrected chi connectivity index (χ0v) is 22.7. The molecule has 3 aliphatic rings. The number of thiazole rings is 1. The lowest BCUT2D eigenvalue weighted by Crippen LogP contribution is -2.44. The van der Waals surface area contributed by atoms with Crippen LogP contribution in [-0.4, -0.2) is 79.2 Å². The molecule has 0 spiro atoms. The van der Waals surface area contributed by atoms with Crippen LogP contribution in [0.15, 0.2) is 46.0 Å². The highest BCUT2D eigenvalue weighted by atomic mass is 32.2. The monoisotopic (exact) mass is 584 g/mol. The molecule has 10 nitrogen and oxygen atoms in total. The van der Waals surface area contributed by atoms with E-state index in [4.69, 9.17) is 14.9 Å². The van der Waals surface area contributed by atoms with E-state index in [0.717, 1.165) is 4.31 Å². The van der Waals surface area contributed by atoms with E-state index in [0.29, 0.717) is 16.4 Å². The topological polar surface area (TPSA) is 130 Å². The third kappa shape index (κ3) is 5.20. The minimum Gasteiger partial charge on any atom is -0.463 e. The van der Waals surface area contributed by atoms with Gasteiger partial charge in [0, 0.05) is 43.0 Å². The van der Waals surface area contributed by atoms with Crippen molar-refractivity contribution in [3.63, 3.8) is 0 Å². The maximum atomic E-state index is 15.1. The SMILES string of the molecule is CCOC(=O)C1=C(CN2CC(F)(F)[C@@H]3CN(S(N)(=O)=O)C[C@@H]32)NC(c2nccs2)=N[C@H]1c1cccc(F)c1C. The second-order valence-electron chi connectivity index (χ2n) is 9.61. The van der Waals surface area contributed by atoms with E-state index in [1.165, 1.54) is 28.4 Å². The Balaban J connectivity index is 1.60. The van der Waals surface area contributed by atoms with E-state index in [1.807, 2.05) is 0 Å². The summed E-state index contributed by atoms with van der Waals surface area (Å²) in [6.07, 6.45) is 1.57. The van der Waals surface area contributed by atoms with Gasteiger partial charge in [-0.05, 0) is 31.0 Å². The number of hydrogen-bond acceptors (Lipinski definition) is 9. The molecule has 0 saturated carbocycles. The number of alkyl halides is 2. The molecule has 0 bridgehead atoms. The number of carbonyl (C=O) groups excluding carboxylic acids is 1. The minimum atomic E-state index is -4.16. The second-order valence-corrected chi connectivity index (χ2v) is 12.1. The Morgan fingerprint density at radius 3 is 2.77 bits per heavy atom. The summed E-state index contributed by atoms with van der Waals surface area (Å²) in [6.45, 7) is 1.83. The first-order valence-electron chi connectivity index (χ1n) is 12.2. The van der Waals surface area contributed by atoms with E-state index >= 15 is 8.78 Å². The fourth-order valence-electron chi connectivity index (χ4n) is 5.39. The van der Waals surface area contributed by atoms with E-state index in [2.05, 4.69) is 10.3 Å². The molecule has 3 aliphatic heterocycles. The largest absolute Gasteiger partial charge is 0.463 e.